The number of nitrogen functional groups attached to an aromatic ring is 1. The number of rotatable bonds is 12. The summed E-state index contributed by atoms with van der Waals surface area (Å²) in [5, 5.41) is 3.12. The standard InChI is InChI=1S/C25H39N5O3/c1-6-7-14-30-23(26)22(24(32)28-25(30)33)29(15-13-17(2)3)16-20(31)27-21(18(4)5)19-11-9-8-10-12-19/h8-12,17-18,21H,6-7,13-16,26H2,1-5H3,(H,27,31)(H,28,32,33). The molecule has 1 aromatic carbocycles. The quantitative estimate of drug-likeness (QED) is 0.453. The second-order valence-corrected chi connectivity index (χ2v) is 9.30. The van der Waals surface area contributed by atoms with Crippen molar-refractivity contribution in [3.8, 4) is 0 Å². The topological polar surface area (TPSA) is 113 Å². The fourth-order valence-corrected chi connectivity index (χ4v) is 3.79. The molecule has 2 rings (SSSR count). The number of aromatic nitrogens is 2. The van der Waals surface area contributed by atoms with Crippen LogP contribution >= 0.6 is 0 Å². The summed E-state index contributed by atoms with van der Waals surface area (Å²) in [6, 6.07) is 9.68. The summed E-state index contributed by atoms with van der Waals surface area (Å²) in [5.74, 6) is 0.461. The van der Waals surface area contributed by atoms with Crippen LogP contribution in [-0.2, 0) is 11.3 Å². The molecule has 0 radical (unpaired) electrons. The van der Waals surface area contributed by atoms with Crippen molar-refractivity contribution < 1.29 is 4.79 Å². The van der Waals surface area contributed by atoms with Gasteiger partial charge in [-0.15, -0.1) is 0 Å². The van der Waals surface area contributed by atoms with Crippen molar-refractivity contribution in [1.82, 2.24) is 14.9 Å². The molecule has 4 N–H and O–H groups in total. The highest BCUT2D eigenvalue weighted by molar-refractivity contribution is 5.83. The minimum absolute atomic E-state index is 0.0258. The number of anilines is 2. The van der Waals surface area contributed by atoms with Crippen LogP contribution in [0.3, 0.4) is 0 Å². The molecule has 0 saturated heterocycles. The fraction of sp³-hybridized carbons (Fsp3) is 0.560. The fourth-order valence-electron chi connectivity index (χ4n) is 3.79. The number of unbranched alkanes of at least 4 members (excludes halogenated alkanes) is 1. The van der Waals surface area contributed by atoms with E-state index in [0.29, 0.717) is 19.0 Å². The zero-order valence-corrected chi connectivity index (χ0v) is 20.6. The Morgan fingerprint density at radius 3 is 2.39 bits per heavy atom. The van der Waals surface area contributed by atoms with Gasteiger partial charge in [-0.3, -0.25) is 19.1 Å². The molecule has 1 unspecified atom stereocenters. The molecule has 0 fully saturated rings. The lowest BCUT2D eigenvalue weighted by molar-refractivity contribution is -0.120. The second-order valence-electron chi connectivity index (χ2n) is 9.30. The molecule has 0 saturated carbocycles. The van der Waals surface area contributed by atoms with Crippen LogP contribution in [0.2, 0.25) is 0 Å². The van der Waals surface area contributed by atoms with Crippen LogP contribution in [0.25, 0.3) is 0 Å². The predicted molar refractivity (Wildman–Crippen MR) is 134 cm³/mol. The average molecular weight is 458 g/mol. The Labute approximate surface area is 196 Å². The van der Waals surface area contributed by atoms with E-state index in [4.69, 9.17) is 5.73 Å². The minimum atomic E-state index is -0.565. The summed E-state index contributed by atoms with van der Waals surface area (Å²) in [6.07, 6.45) is 2.41. The van der Waals surface area contributed by atoms with E-state index in [9.17, 15) is 14.4 Å². The largest absolute Gasteiger partial charge is 0.383 e. The Bertz CT molecular complexity index is 1010. The van der Waals surface area contributed by atoms with E-state index in [1.165, 1.54) is 4.57 Å². The second kappa shape index (κ2) is 12.3. The van der Waals surface area contributed by atoms with Crippen LogP contribution in [0.5, 0.6) is 0 Å². The van der Waals surface area contributed by atoms with E-state index in [-0.39, 0.29) is 35.9 Å². The van der Waals surface area contributed by atoms with Crippen LogP contribution in [-0.4, -0.2) is 28.5 Å². The van der Waals surface area contributed by atoms with Gasteiger partial charge < -0.3 is 16.0 Å². The van der Waals surface area contributed by atoms with Gasteiger partial charge in [0.15, 0.2) is 0 Å². The van der Waals surface area contributed by atoms with Crippen molar-refractivity contribution in [3.05, 3.63) is 56.7 Å². The van der Waals surface area contributed by atoms with Crippen LogP contribution in [0.15, 0.2) is 39.9 Å². The molecular formula is C25H39N5O3. The van der Waals surface area contributed by atoms with Gasteiger partial charge in [-0.25, -0.2) is 4.79 Å². The van der Waals surface area contributed by atoms with E-state index in [1.807, 2.05) is 37.3 Å². The molecule has 1 aromatic heterocycles. The van der Waals surface area contributed by atoms with E-state index >= 15 is 0 Å². The van der Waals surface area contributed by atoms with Crippen LogP contribution in [0, 0.1) is 11.8 Å². The summed E-state index contributed by atoms with van der Waals surface area (Å²) in [7, 11) is 0. The third-order valence-electron chi connectivity index (χ3n) is 5.72. The van der Waals surface area contributed by atoms with Crippen molar-refractivity contribution in [1.29, 1.82) is 0 Å². The van der Waals surface area contributed by atoms with Gasteiger partial charge in [0.1, 0.15) is 11.5 Å². The molecule has 8 heteroatoms. The highest BCUT2D eigenvalue weighted by atomic mass is 16.2. The molecule has 0 aliphatic rings. The summed E-state index contributed by atoms with van der Waals surface area (Å²) in [4.78, 5) is 42.3. The Kier molecular flexibility index (Phi) is 9.75. The Morgan fingerprint density at radius 2 is 1.82 bits per heavy atom. The number of benzene rings is 1. The lowest BCUT2D eigenvalue weighted by Crippen LogP contribution is -2.44. The molecule has 1 heterocycles. The van der Waals surface area contributed by atoms with Crippen molar-refractivity contribution in [2.24, 2.45) is 11.8 Å². The maximum atomic E-state index is 13.1. The maximum absolute atomic E-state index is 13.1. The summed E-state index contributed by atoms with van der Waals surface area (Å²) in [5.41, 5.74) is 6.44. The number of amides is 1. The van der Waals surface area contributed by atoms with Gasteiger partial charge in [-0.05, 0) is 30.2 Å². The number of aromatic amines is 1. The molecule has 0 aliphatic heterocycles. The minimum Gasteiger partial charge on any atom is -0.383 e. The first kappa shape index (κ1) is 26.2. The Morgan fingerprint density at radius 1 is 1.15 bits per heavy atom. The first-order valence-electron chi connectivity index (χ1n) is 11.9. The third kappa shape index (κ3) is 7.23. The van der Waals surface area contributed by atoms with Gasteiger partial charge in [0.2, 0.25) is 5.91 Å². The molecular weight excluding hydrogens is 418 g/mol. The zero-order valence-electron chi connectivity index (χ0n) is 20.6. The molecule has 8 nitrogen and oxygen atoms in total. The van der Waals surface area contributed by atoms with Crippen molar-refractivity contribution >= 4 is 17.4 Å². The molecule has 1 amide bonds. The molecule has 2 aromatic rings. The SMILES string of the molecule is CCCCn1c(N)c(N(CCC(C)C)CC(=O)NC(c2ccccc2)C(C)C)c(=O)[nH]c1=O. The highest BCUT2D eigenvalue weighted by Gasteiger charge is 2.24. The zero-order chi connectivity index (χ0) is 24.5. The monoisotopic (exact) mass is 457 g/mol. The molecule has 1 atom stereocenters. The smallest absolute Gasteiger partial charge is 0.330 e. The number of hydrogen-bond donors (Lipinski definition) is 3. The van der Waals surface area contributed by atoms with E-state index < -0.39 is 11.2 Å². The number of hydrogen-bond acceptors (Lipinski definition) is 5. The molecule has 0 bridgehead atoms. The van der Waals surface area contributed by atoms with E-state index in [2.05, 4.69) is 38.0 Å². The number of H-pyrrole nitrogens is 1. The highest BCUT2D eigenvalue weighted by Crippen LogP contribution is 2.22. The van der Waals surface area contributed by atoms with E-state index in [1.54, 1.807) is 4.90 Å². The number of carbonyl (C=O) groups is 1. The van der Waals surface area contributed by atoms with Gasteiger partial charge in [0, 0.05) is 13.1 Å². The number of carbonyl (C=O) groups excluding carboxylic acids is 1. The molecule has 0 spiro atoms. The Hall–Kier alpha value is -3.03. The predicted octanol–water partition coefficient (Wildman–Crippen LogP) is 3.28. The van der Waals surface area contributed by atoms with Gasteiger partial charge >= 0.3 is 5.69 Å². The average Bonchev–Trinajstić information content (AvgIpc) is 2.75. The van der Waals surface area contributed by atoms with Crippen molar-refractivity contribution in [2.45, 2.75) is 66.5 Å². The van der Waals surface area contributed by atoms with Gasteiger partial charge in [-0.1, -0.05) is 71.4 Å². The van der Waals surface area contributed by atoms with Gasteiger partial charge in [-0.2, -0.15) is 0 Å². The number of nitrogens with two attached hydrogens (primary N) is 1. The van der Waals surface area contributed by atoms with Crippen LogP contribution in [0.4, 0.5) is 11.5 Å². The van der Waals surface area contributed by atoms with Crippen molar-refractivity contribution in [3.63, 3.8) is 0 Å². The van der Waals surface area contributed by atoms with Crippen LogP contribution in [0.1, 0.15) is 65.5 Å². The lowest BCUT2D eigenvalue weighted by atomic mass is 9.96. The summed E-state index contributed by atoms with van der Waals surface area (Å²) >= 11 is 0. The first-order chi connectivity index (χ1) is 15.6. The van der Waals surface area contributed by atoms with Gasteiger partial charge in [0.25, 0.3) is 5.56 Å². The van der Waals surface area contributed by atoms with E-state index in [0.717, 1.165) is 24.8 Å². The molecule has 33 heavy (non-hydrogen) atoms. The number of nitrogens with one attached hydrogen (secondary N) is 2. The Balaban J connectivity index is 2.36. The summed E-state index contributed by atoms with van der Waals surface area (Å²) in [6.45, 7) is 11.2. The molecule has 0 aliphatic carbocycles. The lowest BCUT2D eigenvalue weighted by Gasteiger charge is -2.28. The first-order valence-corrected chi connectivity index (χ1v) is 11.9. The van der Waals surface area contributed by atoms with Crippen molar-refractivity contribution in [2.75, 3.05) is 23.7 Å². The number of nitrogens with zero attached hydrogens (tertiary/aromatic N) is 2. The third-order valence-corrected chi connectivity index (χ3v) is 5.72. The summed E-state index contributed by atoms with van der Waals surface area (Å²) < 4.78 is 1.39. The van der Waals surface area contributed by atoms with Crippen LogP contribution < -0.4 is 27.2 Å². The maximum Gasteiger partial charge on any atom is 0.330 e. The molecule has 182 valence electrons. The normalized spacial score (nSPS) is 12.2. The van der Waals surface area contributed by atoms with Gasteiger partial charge in [0.05, 0.1) is 12.6 Å².